The Balaban J connectivity index is 1.89. The highest BCUT2D eigenvalue weighted by atomic mass is 32.2. The van der Waals surface area contributed by atoms with Gasteiger partial charge >= 0.3 is 0 Å². The summed E-state index contributed by atoms with van der Waals surface area (Å²) in [6.45, 7) is 6.50. The molecule has 0 fully saturated rings. The van der Waals surface area contributed by atoms with Crippen LogP contribution in [0, 0.1) is 6.92 Å². The monoisotopic (exact) mass is 417 g/mol. The number of nitrogens with one attached hydrogen (secondary N) is 2. The summed E-state index contributed by atoms with van der Waals surface area (Å²) >= 11 is 0. The Labute approximate surface area is 172 Å². The normalized spacial score (nSPS) is 11.3. The summed E-state index contributed by atoms with van der Waals surface area (Å²) in [5.41, 5.74) is 2.40. The number of nitrogens with zero attached hydrogens (tertiary/aromatic N) is 1. The topological polar surface area (TPSA) is 95.6 Å². The third-order valence-electron chi connectivity index (χ3n) is 4.48. The Morgan fingerprint density at radius 2 is 1.48 bits per heavy atom. The molecule has 29 heavy (non-hydrogen) atoms. The van der Waals surface area contributed by atoms with Crippen molar-refractivity contribution in [1.29, 1.82) is 0 Å². The van der Waals surface area contributed by atoms with Gasteiger partial charge in [-0.05, 0) is 36.8 Å². The molecule has 0 aromatic heterocycles. The summed E-state index contributed by atoms with van der Waals surface area (Å²) in [5, 5.41) is 5.28. The van der Waals surface area contributed by atoms with Crippen LogP contribution in [0.2, 0.25) is 0 Å². The van der Waals surface area contributed by atoms with Crippen molar-refractivity contribution in [3.05, 3.63) is 65.2 Å². The second kappa shape index (κ2) is 10.2. The highest BCUT2D eigenvalue weighted by Gasteiger charge is 2.21. The number of carbonyl (C=O) groups is 2. The molecule has 0 radical (unpaired) electrons. The van der Waals surface area contributed by atoms with Gasteiger partial charge in [-0.15, -0.1) is 0 Å². The van der Waals surface area contributed by atoms with Crippen LogP contribution in [-0.2, 0) is 21.4 Å². The molecule has 0 saturated heterocycles. The number of amides is 2. The molecule has 2 N–H and O–H groups in total. The van der Waals surface area contributed by atoms with Crippen LogP contribution >= 0.6 is 0 Å². The SMILES string of the molecule is CCN(CC)S(=O)(=O)c1ccc(C(=O)NCC(=O)NCc2ccc(C)cc2)cc1. The van der Waals surface area contributed by atoms with E-state index in [-0.39, 0.29) is 22.9 Å². The molecule has 0 spiro atoms. The lowest BCUT2D eigenvalue weighted by atomic mass is 10.1. The lowest BCUT2D eigenvalue weighted by Crippen LogP contribution is -2.36. The van der Waals surface area contributed by atoms with Gasteiger partial charge in [0.2, 0.25) is 15.9 Å². The van der Waals surface area contributed by atoms with Crippen LogP contribution in [0.15, 0.2) is 53.4 Å². The van der Waals surface area contributed by atoms with E-state index >= 15 is 0 Å². The van der Waals surface area contributed by atoms with Crippen molar-refractivity contribution in [3.63, 3.8) is 0 Å². The second-order valence-electron chi connectivity index (χ2n) is 6.56. The maximum absolute atomic E-state index is 12.5. The number of hydrogen-bond donors (Lipinski definition) is 2. The van der Waals surface area contributed by atoms with Gasteiger partial charge < -0.3 is 10.6 Å². The van der Waals surface area contributed by atoms with Crippen LogP contribution in [0.25, 0.3) is 0 Å². The number of sulfonamides is 1. The molecule has 0 saturated carbocycles. The fraction of sp³-hybridized carbons (Fsp3) is 0.333. The summed E-state index contributed by atoms with van der Waals surface area (Å²) in [4.78, 5) is 24.3. The van der Waals surface area contributed by atoms with E-state index in [0.29, 0.717) is 19.6 Å². The summed E-state index contributed by atoms with van der Waals surface area (Å²) in [6, 6.07) is 13.5. The van der Waals surface area contributed by atoms with Gasteiger partial charge in [0.15, 0.2) is 0 Å². The minimum Gasteiger partial charge on any atom is -0.350 e. The predicted octanol–water partition coefficient (Wildman–Crippen LogP) is 2.07. The highest BCUT2D eigenvalue weighted by Crippen LogP contribution is 2.16. The number of rotatable bonds is 9. The van der Waals surface area contributed by atoms with Crippen molar-refractivity contribution >= 4 is 21.8 Å². The van der Waals surface area contributed by atoms with Gasteiger partial charge in [-0.25, -0.2) is 8.42 Å². The van der Waals surface area contributed by atoms with Crippen LogP contribution < -0.4 is 10.6 Å². The molecule has 0 aliphatic carbocycles. The molecule has 0 atom stereocenters. The lowest BCUT2D eigenvalue weighted by Gasteiger charge is -2.18. The first kappa shape index (κ1) is 22.6. The average Bonchev–Trinajstić information content (AvgIpc) is 2.72. The molecule has 8 heteroatoms. The number of carbonyl (C=O) groups excluding carboxylic acids is 2. The van der Waals surface area contributed by atoms with E-state index in [0.717, 1.165) is 11.1 Å². The van der Waals surface area contributed by atoms with Gasteiger partial charge in [0, 0.05) is 25.2 Å². The molecular weight excluding hydrogens is 390 g/mol. The molecule has 2 aromatic rings. The summed E-state index contributed by atoms with van der Waals surface area (Å²) < 4.78 is 26.3. The van der Waals surface area contributed by atoms with Gasteiger partial charge in [0.1, 0.15) is 0 Å². The first-order valence-corrected chi connectivity index (χ1v) is 10.9. The van der Waals surface area contributed by atoms with E-state index in [2.05, 4.69) is 10.6 Å². The number of benzene rings is 2. The van der Waals surface area contributed by atoms with Crippen LogP contribution in [0.1, 0.15) is 35.3 Å². The third kappa shape index (κ3) is 6.13. The van der Waals surface area contributed by atoms with Gasteiger partial charge in [0.05, 0.1) is 11.4 Å². The molecule has 0 bridgehead atoms. The largest absolute Gasteiger partial charge is 0.350 e. The van der Waals surface area contributed by atoms with Crippen LogP contribution in [0.4, 0.5) is 0 Å². The fourth-order valence-electron chi connectivity index (χ4n) is 2.72. The second-order valence-corrected chi connectivity index (χ2v) is 8.50. The Bertz CT molecular complexity index is 935. The zero-order valence-corrected chi connectivity index (χ0v) is 17.8. The van der Waals surface area contributed by atoms with E-state index in [1.54, 1.807) is 13.8 Å². The molecule has 7 nitrogen and oxygen atoms in total. The zero-order chi connectivity index (χ0) is 21.4. The van der Waals surface area contributed by atoms with Crippen molar-refractivity contribution in [2.45, 2.75) is 32.2 Å². The molecular formula is C21H27N3O4S. The van der Waals surface area contributed by atoms with Gasteiger partial charge in [0.25, 0.3) is 5.91 Å². The average molecular weight is 418 g/mol. The van der Waals surface area contributed by atoms with E-state index in [1.165, 1.54) is 28.6 Å². The lowest BCUT2D eigenvalue weighted by molar-refractivity contribution is -0.120. The van der Waals surface area contributed by atoms with E-state index in [9.17, 15) is 18.0 Å². The molecule has 2 amide bonds. The number of hydrogen-bond acceptors (Lipinski definition) is 4. The van der Waals surface area contributed by atoms with E-state index < -0.39 is 15.9 Å². The van der Waals surface area contributed by atoms with Crippen molar-refractivity contribution in [3.8, 4) is 0 Å². The smallest absolute Gasteiger partial charge is 0.251 e. The van der Waals surface area contributed by atoms with E-state index in [1.807, 2.05) is 31.2 Å². The maximum Gasteiger partial charge on any atom is 0.251 e. The van der Waals surface area contributed by atoms with Gasteiger partial charge in [-0.2, -0.15) is 4.31 Å². The van der Waals surface area contributed by atoms with Crippen molar-refractivity contribution in [2.24, 2.45) is 0 Å². The maximum atomic E-state index is 12.5. The quantitative estimate of drug-likeness (QED) is 0.653. The molecule has 156 valence electrons. The summed E-state index contributed by atoms with van der Waals surface area (Å²) in [6.07, 6.45) is 0. The summed E-state index contributed by atoms with van der Waals surface area (Å²) in [7, 11) is -3.57. The first-order chi connectivity index (χ1) is 13.8. The molecule has 2 rings (SSSR count). The Hall–Kier alpha value is -2.71. The predicted molar refractivity (Wildman–Crippen MR) is 112 cm³/mol. The minimum absolute atomic E-state index is 0.133. The van der Waals surface area contributed by atoms with Gasteiger partial charge in [-0.3, -0.25) is 9.59 Å². The molecule has 2 aromatic carbocycles. The van der Waals surface area contributed by atoms with Crippen LogP contribution in [0.3, 0.4) is 0 Å². The highest BCUT2D eigenvalue weighted by molar-refractivity contribution is 7.89. The van der Waals surface area contributed by atoms with Crippen molar-refractivity contribution in [2.75, 3.05) is 19.6 Å². The standard InChI is InChI=1S/C21H27N3O4S/c1-4-24(5-2)29(27,28)19-12-10-18(11-13-19)21(26)23-15-20(25)22-14-17-8-6-16(3)7-9-17/h6-13H,4-5,14-15H2,1-3H3,(H,22,25)(H,23,26). The fourth-order valence-corrected chi connectivity index (χ4v) is 4.18. The van der Waals surface area contributed by atoms with E-state index in [4.69, 9.17) is 0 Å². The van der Waals surface area contributed by atoms with Crippen LogP contribution in [-0.4, -0.2) is 44.2 Å². The van der Waals surface area contributed by atoms with Crippen molar-refractivity contribution < 1.29 is 18.0 Å². The van der Waals surface area contributed by atoms with Crippen molar-refractivity contribution in [1.82, 2.24) is 14.9 Å². The molecule has 0 unspecified atom stereocenters. The Kier molecular flexibility index (Phi) is 7.92. The molecule has 0 aliphatic rings. The Morgan fingerprint density at radius 1 is 0.897 bits per heavy atom. The zero-order valence-electron chi connectivity index (χ0n) is 16.9. The first-order valence-electron chi connectivity index (χ1n) is 9.48. The minimum atomic E-state index is -3.57. The number of aryl methyl sites for hydroxylation is 1. The Morgan fingerprint density at radius 3 is 2.03 bits per heavy atom. The molecule has 0 aliphatic heterocycles. The summed E-state index contributed by atoms with van der Waals surface area (Å²) in [5.74, 6) is -0.748. The van der Waals surface area contributed by atoms with Gasteiger partial charge in [-0.1, -0.05) is 43.7 Å². The van der Waals surface area contributed by atoms with Crippen LogP contribution in [0.5, 0.6) is 0 Å². The molecule has 0 heterocycles. The third-order valence-corrected chi connectivity index (χ3v) is 6.54.